The molecule has 1 aliphatic heterocycles. The Balaban J connectivity index is 1.95. The van der Waals surface area contributed by atoms with E-state index < -0.39 is 0 Å². The SMILES string of the molecule is CCN1CCN(C(C)(CN)CC2CC2)CC1C. The van der Waals surface area contributed by atoms with E-state index in [0.717, 1.165) is 12.5 Å². The molecule has 100 valence electrons. The van der Waals surface area contributed by atoms with Crippen molar-refractivity contribution in [3.8, 4) is 0 Å². The highest BCUT2D eigenvalue weighted by Crippen LogP contribution is 2.39. The fourth-order valence-electron chi connectivity index (χ4n) is 3.24. The Hall–Kier alpha value is -0.120. The van der Waals surface area contributed by atoms with Crippen molar-refractivity contribution in [3.05, 3.63) is 0 Å². The molecular weight excluding hydrogens is 210 g/mol. The zero-order valence-corrected chi connectivity index (χ0v) is 11.8. The van der Waals surface area contributed by atoms with Crippen LogP contribution in [0.25, 0.3) is 0 Å². The minimum atomic E-state index is 0.245. The molecular formula is C14H29N3. The van der Waals surface area contributed by atoms with Crippen LogP contribution in [0.15, 0.2) is 0 Å². The van der Waals surface area contributed by atoms with Crippen molar-refractivity contribution < 1.29 is 0 Å². The fraction of sp³-hybridized carbons (Fsp3) is 1.00. The van der Waals surface area contributed by atoms with Crippen molar-refractivity contribution in [1.29, 1.82) is 0 Å². The van der Waals surface area contributed by atoms with Gasteiger partial charge in [0.15, 0.2) is 0 Å². The second kappa shape index (κ2) is 5.25. The van der Waals surface area contributed by atoms with Gasteiger partial charge in [0.05, 0.1) is 0 Å². The summed E-state index contributed by atoms with van der Waals surface area (Å²) in [4.78, 5) is 5.23. The highest BCUT2D eigenvalue weighted by Gasteiger charge is 2.39. The summed E-state index contributed by atoms with van der Waals surface area (Å²) in [6.45, 7) is 12.6. The van der Waals surface area contributed by atoms with Crippen molar-refractivity contribution in [2.45, 2.75) is 51.6 Å². The average Bonchev–Trinajstić information content (AvgIpc) is 3.12. The van der Waals surface area contributed by atoms with E-state index in [0.29, 0.717) is 6.04 Å². The van der Waals surface area contributed by atoms with Crippen molar-refractivity contribution in [2.24, 2.45) is 11.7 Å². The molecule has 17 heavy (non-hydrogen) atoms. The lowest BCUT2D eigenvalue weighted by molar-refractivity contribution is 0.0119. The minimum absolute atomic E-state index is 0.245. The molecule has 2 aliphatic rings. The molecule has 0 bridgehead atoms. The predicted octanol–water partition coefficient (Wildman–Crippen LogP) is 1.53. The van der Waals surface area contributed by atoms with Crippen LogP contribution in [-0.4, -0.2) is 54.1 Å². The molecule has 2 N–H and O–H groups in total. The Morgan fingerprint density at radius 3 is 2.47 bits per heavy atom. The summed E-state index contributed by atoms with van der Waals surface area (Å²) < 4.78 is 0. The quantitative estimate of drug-likeness (QED) is 0.790. The van der Waals surface area contributed by atoms with Crippen LogP contribution >= 0.6 is 0 Å². The van der Waals surface area contributed by atoms with Gasteiger partial charge in [-0.1, -0.05) is 19.8 Å². The maximum atomic E-state index is 6.07. The van der Waals surface area contributed by atoms with E-state index in [1.165, 1.54) is 45.4 Å². The molecule has 2 unspecified atom stereocenters. The second-order valence-corrected chi connectivity index (χ2v) is 6.27. The van der Waals surface area contributed by atoms with Crippen LogP contribution in [0.4, 0.5) is 0 Å². The molecule has 1 heterocycles. The number of piperazine rings is 1. The third kappa shape index (κ3) is 3.01. The molecule has 0 aromatic heterocycles. The number of likely N-dealkylation sites (N-methyl/N-ethyl adjacent to an activating group) is 1. The molecule has 0 aromatic carbocycles. The van der Waals surface area contributed by atoms with Crippen LogP contribution in [-0.2, 0) is 0 Å². The number of nitrogens with zero attached hydrogens (tertiary/aromatic N) is 2. The maximum absolute atomic E-state index is 6.07. The summed E-state index contributed by atoms with van der Waals surface area (Å²) in [5.74, 6) is 0.961. The van der Waals surface area contributed by atoms with Gasteiger partial charge >= 0.3 is 0 Å². The van der Waals surface area contributed by atoms with E-state index in [1.54, 1.807) is 0 Å². The zero-order valence-electron chi connectivity index (χ0n) is 11.8. The normalized spacial score (nSPS) is 31.4. The lowest BCUT2D eigenvalue weighted by atomic mass is 9.91. The highest BCUT2D eigenvalue weighted by molar-refractivity contribution is 4.96. The molecule has 2 rings (SSSR count). The lowest BCUT2D eigenvalue weighted by Crippen LogP contribution is -2.61. The summed E-state index contributed by atoms with van der Waals surface area (Å²) in [5.41, 5.74) is 6.32. The van der Waals surface area contributed by atoms with Crippen molar-refractivity contribution in [3.63, 3.8) is 0 Å². The van der Waals surface area contributed by atoms with E-state index in [2.05, 4.69) is 30.6 Å². The molecule has 1 saturated heterocycles. The Morgan fingerprint density at radius 2 is 2.00 bits per heavy atom. The summed E-state index contributed by atoms with van der Waals surface area (Å²) in [7, 11) is 0. The molecule has 2 fully saturated rings. The molecule has 3 heteroatoms. The largest absolute Gasteiger partial charge is 0.329 e. The standard InChI is InChI=1S/C14H29N3/c1-4-16-7-8-17(10-12(16)2)14(3,11-15)9-13-5-6-13/h12-13H,4-11,15H2,1-3H3. The first kappa shape index (κ1) is 13.3. The summed E-state index contributed by atoms with van der Waals surface area (Å²) in [5, 5.41) is 0. The third-order valence-corrected chi connectivity index (χ3v) is 4.80. The monoisotopic (exact) mass is 239 g/mol. The molecule has 0 spiro atoms. The number of hydrogen-bond acceptors (Lipinski definition) is 3. The Morgan fingerprint density at radius 1 is 1.29 bits per heavy atom. The number of hydrogen-bond donors (Lipinski definition) is 1. The maximum Gasteiger partial charge on any atom is 0.0307 e. The first-order chi connectivity index (χ1) is 8.09. The second-order valence-electron chi connectivity index (χ2n) is 6.27. The van der Waals surface area contributed by atoms with Crippen molar-refractivity contribution in [2.75, 3.05) is 32.7 Å². The van der Waals surface area contributed by atoms with Gasteiger partial charge in [0.1, 0.15) is 0 Å². The predicted molar refractivity (Wildman–Crippen MR) is 73.1 cm³/mol. The van der Waals surface area contributed by atoms with Crippen LogP contribution in [0.3, 0.4) is 0 Å². The third-order valence-electron chi connectivity index (χ3n) is 4.80. The van der Waals surface area contributed by atoms with Crippen LogP contribution in [0.1, 0.15) is 40.0 Å². The van der Waals surface area contributed by atoms with E-state index in [1.807, 2.05) is 0 Å². The fourth-order valence-corrected chi connectivity index (χ4v) is 3.24. The molecule has 0 aromatic rings. The summed E-state index contributed by atoms with van der Waals surface area (Å²) in [6.07, 6.45) is 4.17. The van der Waals surface area contributed by atoms with Gasteiger partial charge in [-0.2, -0.15) is 0 Å². The van der Waals surface area contributed by atoms with Gasteiger partial charge < -0.3 is 5.73 Å². The van der Waals surface area contributed by atoms with E-state index in [9.17, 15) is 0 Å². The van der Waals surface area contributed by atoms with Gasteiger partial charge in [0.25, 0.3) is 0 Å². The smallest absolute Gasteiger partial charge is 0.0307 e. The van der Waals surface area contributed by atoms with Crippen molar-refractivity contribution in [1.82, 2.24) is 9.80 Å². The lowest BCUT2D eigenvalue weighted by Gasteiger charge is -2.48. The van der Waals surface area contributed by atoms with Gasteiger partial charge in [-0.05, 0) is 32.7 Å². The Bertz CT molecular complexity index is 252. The van der Waals surface area contributed by atoms with Crippen LogP contribution in [0.5, 0.6) is 0 Å². The number of nitrogens with two attached hydrogens (primary N) is 1. The van der Waals surface area contributed by atoms with Crippen LogP contribution in [0.2, 0.25) is 0 Å². The molecule has 2 atom stereocenters. The molecule has 3 nitrogen and oxygen atoms in total. The molecule has 0 amide bonds. The summed E-state index contributed by atoms with van der Waals surface area (Å²) in [6, 6.07) is 0.679. The van der Waals surface area contributed by atoms with E-state index >= 15 is 0 Å². The van der Waals surface area contributed by atoms with Gasteiger partial charge in [-0.3, -0.25) is 9.80 Å². The zero-order chi connectivity index (χ0) is 12.5. The van der Waals surface area contributed by atoms with Crippen LogP contribution < -0.4 is 5.73 Å². The summed E-state index contributed by atoms with van der Waals surface area (Å²) >= 11 is 0. The van der Waals surface area contributed by atoms with Crippen molar-refractivity contribution >= 4 is 0 Å². The number of rotatable bonds is 5. The highest BCUT2D eigenvalue weighted by atomic mass is 15.3. The van der Waals surface area contributed by atoms with Gasteiger partial charge in [-0.15, -0.1) is 0 Å². The van der Waals surface area contributed by atoms with Gasteiger partial charge in [0.2, 0.25) is 0 Å². The van der Waals surface area contributed by atoms with Gasteiger partial charge in [-0.25, -0.2) is 0 Å². The first-order valence-corrected chi connectivity index (χ1v) is 7.28. The van der Waals surface area contributed by atoms with Gasteiger partial charge in [0, 0.05) is 37.8 Å². The Kier molecular flexibility index (Phi) is 4.11. The topological polar surface area (TPSA) is 32.5 Å². The van der Waals surface area contributed by atoms with E-state index in [-0.39, 0.29) is 5.54 Å². The minimum Gasteiger partial charge on any atom is -0.329 e. The average molecular weight is 239 g/mol. The van der Waals surface area contributed by atoms with Crippen LogP contribution in [0, 0.1) is 5.92 Å². The van der Waals surface area contributed by atoms with E-state index in [4.69, 9.17) is 5.73 Å². The first-order valence-electron chi connectivity index (χ1n) is 7.28. The molecule has 1 aliphatic carbocycles. The molecule has 1 saturated carbocycles. The molecule has 0 radical (unpaired) electrons. The Labute approximate surface area is 106 Å².